The number of hydrogen-bond acceptors (Lipinski definition) is 7. The van der Waals surface area contributed by atoms with Crippen LogP contribution in [0.1, 0.15) is 52.5 Å². The van der Waals surface area contributed by atoms with Crippen molar-refractivity contribution in [1.29, 1.82) is 0 Å². The number of amides is 1. The van der Waals surface area contributed by atoms with Crippen molar-refractivity contribution in [2.45, 2.75) is 63.0 Å². The van der Waals surface area contributed by atoms with Gasteiger partial charge in [-0.2, -0.15) is 0 Å². The zero-order valence-electron chi connectivity index (χ0n) is 21.8. The molecule has 2 N–H and O–H groups in total. The highest BCUT2D eigenvalue weighted by Gasteiger charge is 2.47. The second-order valence-electron chi connectivity index (χ2n) is 8.90. The molecule has 0 saturated carbocycles. The zero-order valence-corrected chi connectivity index (χ0v) is 22.6. The SMILES string of the molecule is CCCCOc1ccc(S(=O)(=O)C(C)(Cc2ccc(OCCCN(CC)CC)cc2)C(=O)NO)cc1. The van der Waals surface area contributed by atoms with Crippen LogP contribution in [0, 0.1) is 0 Å². The van der Waals surface area contributed by atoms with E-state index in [1.54, 1.807) is 41.9 Å². The number of ether oxygens (including phenoxy) is 2. The summed E-state index contributed by atoms with van der Waals surface area (Å²) in [5.74, 6) is 0.235. The van der Waals surface area contributed by atoms with Crippen molar-refractivity contribution in [2.75, 3.05) is 32.8 Å². The van der Waals surface area contributed by atoms with E-state index in [0.717, 1.165) is 38.9 Å². The van der Waals surface area contributed by atoms with Gasteiger partial charge in [0.2, 0.25) is 0 Å². The number of sulfone groups is 1. The van der Waals surface area contributed by atoms with Crippen molar-refractivity contribution in [2.24, 2.45) is 0 Å². The van der Waals surface area contributed by atoms with Crippen LogP contribution in [0.15, 0.2) is 53.4 Å². The lowest BCUT2D eigenvalue weighted by molar-refractivity contribution is -0.131. The highest BCUT2D eigenvalue weighted by molar-refractivity contribution is 7.93. The summed E-state index contributed by atoms with van der Waals surface area (Å²) in [5, 5.41) is 9.36. The first-order valence-corrected chi connectivity index (χ1v) is 14.1. The maximum absolute atomic E-state index is 13.5. The molecular weight excluding hydrogens is 480 g/mol. The Labute approximate surface area is 215 Å². The van der Waals surface area contributed by atoms with Crippen LogP contribution in [0.5, 0.6) is 11.5 Å². The summed E-state index contributed by atoms with van der Waals surface area (Å²) in [4.78, 5) is 15.0. The first-order valence-electron chi connectivity index (χ1n) is 12.6. The summed E-state index contributed by atoms with van der Waals surface area (Å²) >= 11 is 0. The minimum atomic E-state index is -4.16. The van der Waals surface area contributed by atoms with Crippen molar-refractivity contribution in [1.82, 2.24) is 10.4 Å². The number of nitrogens with zero attached hydrogens (tertiary/aromatic N) is 1. The molecule has 0 radical (unpaired) electrons. The molecule has 1 amide bonds. The molecule has 0 fully saturated rings. The second-order valence-corrected chi connectivity index (χ2v) is 11.3. The van der Waals surface area contributed by atoms with E-state index in [2.05, 4.69) is 25.7 Å². The Balaban J connectivity index is 2.13. The van der Waals surface area contributed by atoms with Crippen molar-refractivity contribution in [3.05, 3.63) is 54.1 Å². The van der Waals surface area contributed by atoms with Gasteiger partial charge < -0.3 is 14.4 Å². The van der Waals surface area contributed by atoms with Gasteiger partial charge in [0.25, 0.3) is 5.91 Å². The molecule has 0 heterocycles. The maximum Gasteiger partial charge on any atom is 0.265 e. The number of unbranched alkanes of at least 4 members (excludes halogenated alkanes) is 1. The van der Waals surface area contributed by atoms with Gasteiger partial charge in [-0.15, -0.1) is 0 Å². The van der Waals surface area contributed by atoms with E-state index < -0.39 is 20.5 Å². The first kappa shape index (κ1) is 29.6. The number of benzene rings is 2. The number of nitrogens with one attached hydrogen (secondary N) is 1. The number of hydrogen-bond donors (Lipinski definition) is 2. The van der Waals surface area contributed by atoms with Crippen LogP contribution >= 0.6 is 0 Å². The predicted molar refractivity (Wildman–Crippen MR) is 140 cm³/mol. The van der Waals surface area contributed by atoms with Crippen LogP contribution in [0.3, 0.4) is 0 Å². The Morgan fingerprint density at radius 1 is 0.917 bits per heavy atom. The summed E-state index contributed by atoms with van der Waals surface area (Å²) in [5.41, 5.74) is 2.17. The highest BCUT2D eigenvalue weighted by atomic mass is 32.2. The zero-order chi connectivity index (χ0) is 26.6. The minimum Gasteiger partial charge on any atom is -0.494 e. The molecule has 0 aliphatic rings. The number of carbonyl (C=O) groups excluding carboxylic acids is 1. The van der Waals surface area contributed by atoms with E-state index in [4.69, 9.17) is 9.47 Å². The van der Waals surface area contributed by atoms with E-state index in [-0.39, 0.29) is 11.3 Å². The molecule has 36 heavy (non-hydrogen) atoms. The lowest BCUT2D eigenvalue weighted by Crippen LogP contribution is -2.51. The Kier molecular flexibility index (Phi) is 11.7. The van der Waals surface area contributed by atoms with Gasteiger partial charge >= 0.3 is 0 Å². The number of carbonyl (C=O) groups is 1. The van der Waals surface area contributed by atoms with Gasteiger partial charge in [-0.05, 0) is 74.8 Å². The van der Waals surface area contributed by atoms with Gasteiger partial charge in [-0.1, -0.05) is 39.3 Å². The Bertz CT molecular complexity index is 1040. The van der Waals surface area contributed by atoms with Crippen molar-refractivity contribution >= 4 is 15.7 Å². The van der Waals surface area contributed by atoms with E-state index in [0.29, 0.717) is 30.3 Å². The molecule has 1 atom stereocenters. The fraction of sp³-hybridized carbons (Fsp3) is 0.519. The molecule has 0 aliphatic carbocycles. The lowest BCUT2D eigenvalue weighted by Gasteiger charge is -2.27. The first-order chi connectivity index (χ1) is 17.2. The molecule has 0 bridgehead atoms. The van der Waals surface area contributed by atoms with E-state index in [9.17, 15) is 18.4 Å². The third-order valence-corrected chi connectivity index (χ3v) is 8.73. The Morgan fingerprint density at radius 2 is 1.44 bits per heavy atom. The lowest BCUT2D eigenvalue weighted by atomic mass is 9.99. The molecular formula is C27H40N2O6S. The van der Waals surface area contributed by atoms with Gasteiger partial charge in [-0.25, -0.2) is 13.9 Å². The molecule has 2 aromatic carbocycles. The summed E-state index contributed by atoms with van der Waals surface area (Å²) in [7, 11) is -4.16. The van der Waals surface area contributed by atoms with E-state index in [1.807, 2.05) is 0 Å². The molecule has 0 saturated heterocycles. The quantitative estimate of drug-likeness (QED) is 0.194. The van der Waals surface area contributed by atoms with Gasteiger partial charge in [0.05, 0.1) is 18.1 Å². The topological polar surface area (TPSA) is 105 Å². The van der Waals surface area contributed by atoms with Gasteiger partial charge in [-0.3, -0.25) is 10.0 Å². The molecule has 8 nitrogen and oxygen atoms in total. The number of hydroxylamine groups is 1. The van der Waals surface area contributed by atoms with Crippen LogP contribution in [0.4, 0.5) is 0 Å². The van der Waals surface area contributed by atoms with Gasteiger partial charge in [0, 0.05) is 13.0 Å². The molecule has 1 unspecified atom stereocenters. The summed E-state index contributed by atoms with van der Waals surface area (Å²) in [6.07, 6.45) is 2.66. The largest absolute Gasteiger partial charge is 0.494 e. The third kappa shape index (κ3) is 7.69. The Hall–Kier alpha value is -2.62. The van der Waals surface area contributed by atoms with Gasteiger partial charge in [0.15, 0.2) is 14.6 Å². The number of rotatable bonds is 16. The minimum absolute atomic E-state index is 0.0235. The standard InChI is InChI=1S/C27H40N2O6S/c1-5-8-19-34-24-14-16-25(17-15-24)36(32,33)27(4,26(30)28-31)21-22-10-12-23(13-11-22)35-20-9-18-29(6-2)7-3/h10-17,31H,5-9,18-21H2,1-4H3,(H,28,30). The summed E-state index contributed by atoms with van der Waals surface area (Å²) in [6.45, 7) is 11.7. The predicted octanol–water partition coefficient (Wildman–Crippen LogP) is 4.26. The molecule has 2 rings (SSSR count). The van der Waals surface area contributed by atoms with Crippen LogP contribution in [-0.2, 0) is 21.1 Å². The molecule has 200 valence electrons. The summed E-state index contributed by atoms with van der Waals surface area (Å²) in [6, 6.07) is 13.0. The van der Waals surface area contributed by atoms with Gasteiger partial charge in [0.1, 0.15) is 11.5 Å². The molecule has 2 aromatic rings. The van der Waals surface area contributed by atoms with Crippen molar-refractivity contribution in [3.63, 3.8) is 0 Å². The van der Waals surface area contributed by atoms with Crippen LogP contribution in [-0.4, -0.2) is 62.0 Å². The van der Waals surface area contributed by atoms with E-state index in [1.165, 1.54) is 19.1 Å². The molecule has 9 heteroatoms. The van der Waals surface area contributed by atoms with Crippen LogP contribution < -0.4 is 15.0 Å². The molecule has 0 spiro atoms. The van der Waals surface area contributed by atoms with E-state index >= 15 is 0 Å². The Morgan fingerprint density at radius 3 is 1.94 bits per heavy atom. The van der Waals surface area contributed by atoms with Crippen LogP contribution in [0.2, 0.25) is 0 Å². The smallest absolute Gasteiger partial charge is 0.265 e. The summed E-state index contributed by atoms with van der Waals surface area (Å²) < 4.78 is 36.5. The third-order valence-electron chi connectivity index (χ3n) is 6.32. The average molecular weight is 521 g/mol. The molecule has 0 aliphatic heterocycles. The fourth-order valence-electron chi connectivity index (χ4n) is 3.84. The second kappa shape index (κ2) is 14.2. The fourth-order valence-corrected chi connectivity index (χ4v) is 5.50. The monoisotopic (exact) mass is 520 g/mol. The maximum atomic E-state index is 13.5. The highest BCUT2D eigenvalue weighted by Crippen LogP contribution is 2.31. The van der Waals surface area contributed by atoms with Crippen LogP contribution in [0.25, 0.3) is 0 Å². The van der Waals surface area contributed by atoms with Crippen molar-refractivity contribution < 1.29 is 27.9 Å². The normalized spacial score (nSPS) is 13.3. The average Bonchev–Trinajstić information content (AvgIpc) is 2.89. The van der Waals surface area contributed by atoms with Crippen molar-refractivity contribution in [3.8, 4) is 11.5 Å². The molecule has 0 aromatic heterocycles.